The highest BCUT2D eigenvalue weighted by atomic mass is 32.2. The fourth-order valence-corrected chi connectivity index (χ4v) is 2.37. The van der Waals surface area contributed by atoms with Crippen molar-refractivity contribution >= 4 is 40.9 Å². The zero-order valence-electron chi connectivity index (χ0n) is 13.1. The summed E-state index contributed by atoms with van der Waals surface area (Å²) < 4.78 is 29.5. The molecule has 1 aliphatic rings. The minimum atomic E-state index is -2.52. The molecule has 0 saturated heterocycles. The smallest absolute Gasteiger partial charge is 0.355 e. The molecule has 2 N–H and O–H groups in total. The van der Waals surface area contributed by atoms with Crippen molar-refractivity contribution in [2.24, 2.45) is 5.10 Å². The van der Waals surface area contributed by atoms with Gasteiger partial charge in [0.2, 0.25) is 5.91 Å². The molecule has 2 rings (SSSR count). The van der Waals surface area contributed by atoms with Crippen molar-refractivity contribution in [2.75, 3.05) is 5.32 Å². The number of benzene rings is 1. The van der Waals surface area contributed by atoms with Crippen LogP contribution in [0.25, 0.3) is 0 Å². The average Bonchev–Trinajstić information content (AvgIpc) is 2.56. The van der Waals surface area contributed by atoms with Crippen LogP contribution in [0, 0.1) is 0 Å². The molecular formula is C15H15F2N3O4S. The molecule has 0 spiro atoms. The molecule has 1 aromatic carbocycles. The third-order valence-corrected chi connectivity index (χ3v) is 3.86. The second-order valence-corrected chi connectivity index (χ2v) is 6.10. The van der Waals surface area contributed by atoms with Crippen molar-refractivity contribution < 1.29 is 27.9 Å². The number of esters is 1. The van der Waals surface area contributed by atoms with Gasteiger partial charge >= 0.3 is 5.97 Å². The number of amides is 2. The van der Waals surface area contributed by atoms with Crippen LogP contribution in [0.3, 0.4) is 0 Å². The second-order valence-electron chi connectivity index (χ2n) is 5.03. The van der Waals surface area contributed by atoms with Crippen LogP contribution in [0.4, 0.5) is 14.5 Å². The summed E-state index contributed by atoms with van der Waals surface area (Å²) in [4.78, 5) is 35.2. The standard InChI is InChI=1S/C15H15F2N3O4S/c1-8(24-14(23)11-6-7-12(21)20-19-11)13(22)18-9-2-4-10(5-3-9)25-15(16)17/h2-5,8,15H,6-7H2,1H3,(H,18,22)(H,20,21)/t8-/m0/s1. The van der Waals surface area contributed by atoms with E-state index in [1.807, 2.05) is 0 Å². The number of anilines is 1. The van der Waals surface area contributed by atoms with Crippen LogP contribution in [0.1, 0.15) is 19.8 Å². The molecule has 1 atom stereocenters. The van der Waals surface area contributed by atoms with Gasteiger partial charge in [-0.25, -0.2) is 10.2 Å². The van der Waals surface area contributed by atoms with Crippen LogP contribution < -0.4 is 10.7 Å². The Balaban J connectivity index is 1.87. The molecule has 10 heteroatoms. The van der Waals surface area contributed by atoms with Crippen molar-refractivity contribution in [3.8, 4) is 0 Å². The van der Waals surface area contributed by atoms with Crippen molar-refractivity contribution in [2.45, 2.75) is 36.5 Å². The lowest BCUT2D eigenvalue weighted by Gasteiger charge is -2.16. The maximum Gasteiger partial charge on any atom is 0.355 e. The lowest BCUT2D eigenvalue weighted by molar-refractivity contribution is -0.146. The first-order valence-electron chi connectivity index (χ1n) is 7.27. The van der Waals surface area contributed by atoms with E-state index in [-0.39, 0.29) is 24.5 Å². The van der Waals surface area contributed by atoms with E-state index in [0.29, 0.717) is 22.3 Å². The lowest BCUT2D eigenvalue weighted by atomic mass is 10.2. The van der Waals surface area contributed by atoms with Crippen molar-refractivity contribution in [3.63, 3.8) is 0 Å². The molecule has 7 nitrogen and oxygen atoms in total. The summed E-state index contributed by atoms with van der Waals surface area (Å²) in [6, 6.07) is 5.83. The van der Waals surface area contributed by atoms with Crippen molar-refractivity contribution in [3.05, 3.63) is 24.3 Å². The molecule has 0 aliphatic carbocycles. The van der Waals surface area contributed by atoms with Crippen LogP contribution in [0.2, 0.25) is 0 Å². The van der Waals surface area contributed by atoms with E-state index in [1.165, 1.54) is 31.2 Å². The van der Waals surface area contributed by atoms with Crippen molar-refractivity contribution in [1.82, 2.24) is 5.43 Å². The summed E-state index contributed by atoms with van der Waals surface area (Å²) in [5.41, 5.74) is 2.58. The summed E-state index contributed by atoms with van der Waals surface area (Å²) in [5.74, 6) is -4.18. The first-order chi connectivity index (χ1) is 11.8. The number of ether oxygens (including phenoxy) is 1. The van der Waals surface area contributed by atoms with Gasteiger partial charge in [-0.15, -0.1) is 0 Å². The van der Waals surface area contributed by atoms with Crippen LogP contribution in [-0.4, -0.2) is 35.4 Å². The number of nitrogens with one attached hydrogen (secondary N) is 2. The Morgan fingerprint density at radius 2 is 1.96 bits per heavy atom. The van der Waals surface area contributed by atoms with Crippen LogP contribution in [0.5, 0.6) is 0 Å². The Labute approximate surface area is 146 Å². The Morgan fingerprint density at radius 3 is 2.52 bits per heavy atom. The molecule has 0 fully saturated rings. The van der Waals surface area contributed by atoms with Crippen LogP contribution in [-0.2, 0) is 19.1 Å². The lowest BCUT2D eigenvalue weighted by Crippen LogP contribution is -2.35. The summed E-state index contributed by atoms with van der Waals surface area (Å²) >= 11 is 0.398. The van der Waals surface area contributed by atoms with Crippen molar-refractivity contribution in [1.29, 1.82) is 0 Å². The van der Waals surface area contributed by atoms with Crippen LogP contribution >= 0.6 is 11.8 Å². The molecule has 0 radical (unpaired) electrons. The quantitative estimate of drug-likeness (QED) is 0.590. The number of nitrogens with zero attached hydrogens (tertiary/aromatic N) is 1. The first kappa shape index (κ1) is 18.8. The molecule has 0 unspecified atom stereocenters. The number of carbonyl (C=O) groups is 3. The average molecular weight is 371 g/mol. The van der Waals surface area contributed by atoms with E-state index in [0.717, 1.165) is 0 Å². The minimum absolute atomic E-state index is 0.0348. The van der Waals surface area contributed by atoms with Gasteiger partial charge in [-0.3, -0.25) is 9.59 Å². The van der Waals surface area contributed by atoms with Gasteiger partial charge in [-0.1, -0.05) is 11.8 Å². The summed E-state index contributed by atoms with van der Waals surface area (Å²) in [6.45, 7) is 1.39. The molecule has 1 heterocycles. The van der Waals surface area contributed by atoms with E-state index in [2.05, 4.69) is 15.8 Å². The van der Waals surface area contributed by atoms with Gasteiger partial charge in [0.25, 0.3) is 11.7 Å². The fraction of sp³-hybridized carbons (Fsp3) is 0.333. The van der Waals surface area contributed by atoms with Gasteiger partial charge in [0.05, 0.1) is 0 Å². The zero-order valence-corrected chi connectivity index (χ0v) is 13.9. The third-order valence-electron chi connectivity index (χ3n) is 3.14. The van der Waals surface area contributed by atoms with Gasteiger partial charge in [0.15, 0.2) is 6.10 Å². The summed E-state index contributed by atoms with van der Waals surface area (Å²) in [6.07, 6.45) is -0.831. The van der Waals surface area contributed by atoms with Gasteiger partial charge in [0, 0.05) is 23.4 Å². The molecule has 25 heavy (non-hydrogen) atoms. The van der Waals surface area contributed by atoms with Gasteiger partial charge < -0.3 is 10.1 Å². The number of thioether (sulfide) groups is 1. The minimum Gasteiger partial charge on any atom is -0.448 e. The second kappa shape index (κ2) is 8.56. The van der Waals surface area contributed by atoms with Crippen LogP contribution in [0.15, 0.2) is 34.3 Å². The fourth-order valence-electron chi connectivity index (χ4n) is 1.87. The largest absolute Gasteiger partial charge is 0.448 e. The maximum absolute atomic E-state index is 12.2. The normalized spacial score (nSPS) is 15.2. The van der Waals surface area contributed by atoms with Gasteiger partial charge in [-0.05, 0) is 31.2 Å². The predicted molar refractivity (Wildman–Crippen MR) is 87.3 cm³/mol. The summed E-state index contributed by atoms with van der Waals surface area (Å²) in [5, 5.41) is 6.10. The van der Waals surface area contributed by atoms with E-state index in [1.54, 1.807) is 0 Å². The Morgan fingerprint density at radius 1 is 1.28 bits per heavy atom. The maximum atomic E-state index is 12.2. The molecule has 2 amide bonds. The Bertz CT molecular complexity index is 695. The first-order valence-corrected chi connectivity index (χ1v) is 8.15. The molecular weight excluding hydrogens is 356 g/mol. The Hall–Kier alpha value is -2.49. The highest BCUT2D eigenvalue weighted by molar-refractivity contribution is 7.99. The SMILES string of the molecule is C[C@H](OC(=O)C1=NNC(=O)CC1)C(=O)Nc1ccc(SC(F)F)cc1. The molecule has 1 aliphatic heterocycles. The highest BCUT2D eigenvalue weighted by Gasteiger charge is 2.24. The number of halogens is 2. The molecule has 1 aromatic rings. The topological polar surface area (TPSA) is 96.9 Å². The summed E-state index contributed by atoms with van der Waals surface area (Å²) in [7, 11) is 0. The van der Waals surface area contributed by atoms with Gasteiger partial charge in [0.1, 0.15) is 5.71 Å². The number of hydrogen-bond donors (Lipinski definition) is 2. The monoisotopic (exact) mass is 371 g/mol. The molecule has 0 aromatic heterocycles. The number of hydrogen-bond acceptors (Lipinski definition) is 6. The number of hydrazone groups is 1. The van der Waals surface area contributed by atoms with E-state index in [4.69, 9.17) is 4.74 Å². The highest BCUT2D eigenvalue weighted by Crippen LogP contribution is 2.26. The van der Waals surface area contributed by atoms with E-state index in [9.17, 15) is 23.2 Å². The number of alkyl halides is 2. The molecule has 0 bridgehead atoms. The Kier molecular flexibility index (Phi) is 6.45. The number of rotatable bonds is 6. The predicted octanol–water partition coefficient (Wildman–Crippen LogP) is 2.14. The third kappa shape index (κ3) is 5.82. The van der Waals surface area contributed by atoms with E-state index < -0.39 is 23.7 Å². The number of carbonyl (C=O) groups excluding carboxylic acids is 3. The zero-order chi connectivity index (χ0) is 18.4. The molecule has 134 valence electrons. The van der Waals surface area contributed by atoms with E-state index >= 15 is 0 Å². The van der Waals surface area contributed by atoms with Gasteiger partial charge in [-0.2, -0.15) is 13.9 Å². The molecule has 0 saturated carbocycles.